The molecule has 0 aliphatic carbocycles. The maximum atomic E-state index is 11.7. The fourth-order valence-electron chi connectivity index (χ4n) is 0.917. The number of ketones is 1. The quantitative estimate of drug-likeness (QED) is 0.565. The minimum absolute atomic E-state index is 0.206. The van der Waals surface area contributed by atoms with Crippen LogP contribution in [0.1, 0.15) is 23.7 Å². The zero-order chi connectivity index (χ0) is 10.6. The smallest absolute Gasteiger partial charge is 0.174 e. The van der Waals surface area contributed by atoms with Gasteiger partial charge in [-0.1, -0.05) is 6.92 Å². The van der Waals surface area contributed by atoms with E-state index in [0.29, 0.717) is 5.75 Å². The highest BCUT2D eigenvalue weighted by Gasteiger charge is 2.12. The summed E-state index contributed by atoms with van der Waals surface area (Å²) in [6, 6.07) is 1.88. The molecule has 1 aromatic rings. The van der Waals surface area contributed by atoms with Gasteiger partial charge in [0.25, 0.3) is 0 Å². The average Bonchev–Trinajstić information content (AvgIpc) is 2.45. The molecule has 0 amide bonds. The summed E-state index contributed by atoms with van der Waals surface area (Å²) in [5, 5.41) is 0. The first-order valence-electron chi connectivity index (χ1n) is 4.21. The van der Waals surface area contributed by atoms with Crippen molar-refractivity contribution in [1.82, 2.24) is 0 Å². The minimum Gasteiger partial charge on any atom is -0.293 e. The van der Waals surface area contributed by atoms with Gasteiger partial charge in [0, 0.05) is 5.56 Å². The van der Waals surface area contributed by atoms with Gasteiger partial charge in [-0.2, -0.15) is 11.8 Å². The fraction of sp³-hybridized carbons (Fsp3) is 0.444. The van der Waals surface area contributed by atoms with Gasteiger partial charge in [-0.15, -0.1) is 11.3 Å². The Morgan fingerprint density at radius 1 is 1.57 bits per heavy atom. The molecule has 0 unspecified atom stereocenters. The first-order valence-corrected chi connectivity index (χ1v) is 7.76. The van der Waals surface area contributed by atoms with Crippen molar-refractivity contribution in [2.75, 3.05) is 11.5 Å². The van der Waals surface area contributed by atoms with Crippen LogP contribution in [0.15, 0.2) is 13.6 Å². The summed E-state index contributed by atoms with van der Waals surface area (Å²) >= 11 is 9.98. The summed E-state index contributed by atoms with van der Waals surface area (Å²) < 4.78 is 1.92. The van der Waals surface area contributed by atoms with Crippen molar-refractivity contribution in [1.29, 1.82) is 0 Å². The molecule has 0 radical (unpaired) electrons. The maximum Gasteiger partial charge on any atom is 0.174 e. The molecule has 0 fully saturated rings. The second-order valence-electron chi connectivity index (χ2n) is 2.71. The zero-order valence-electron chi connectivity index (χ0n) is 7.68. The van der Waals surface area contributed by atoms with Crippen LogP contribution in [-0.2, 0) is 0 Å². The minimum atomic E-state index is 0.206. The monoisotopic (exact) mass is 356 g/mol. The lowest BCUT2D eigenvalue weighted by atomic mass is 10.2. The molecule has 0 N–H and O–H groups in total. The standard InChI is InChI=1S/C9H10Br2OS2/c1-2-3-13-5-7(12)6-4-8(10)14-9(6)11/h4H,2-3,5H2,1H3. The van der Waals surface area contributed by atoms with Crippen LogP contribution < -0.4 is 0 Å². The third-order valence-corrected chi connectivity index (χ3v) is 5.04. The summed E-state index contributed by atoms with van der Waals surface area (Å²) in [6.45, 7) is 2.12. The summed E-state index contributed by atoms with van der Waals surface area (Å²) in [5.74, 6) is 1.84. The fourth-order valence-corrected chi connectivity index (χ4v) is 4.55. The first-order chi connectivity index (χ1) is 6.65. The SMILES string of the molecule is CCCSCC(=O)c1cc(Br)sc1Br. The third-order valence-electron chi connectivity index (χ3n) is 1.54. The van der Waals surface area contributed by atoms with E-state index in [-0.39, 0.29) is 5.78 Å². The van der Waals surface area contributed by atoms with Gasteiger partial charge in [-0.25, -0.2) is 0 Å². The highest BCUT2D eigenvalue weighted by molar-refractivity contribution is 9.12. The molecule has 0 saturated heterocycles. The number of carbonyl (C=O) groups excluding carboxylic acids is 1. The molecule has 0 saturated carbocycles. The summed E-state index contributed by atoms with van der Waals surface area (Å²) in [6.07, 6.45) is 1.12. The van der Waals surface area contributed by atoms with Crippen LogP contribution in [0.5, 0.6) is 0 Å². The number of thioether (sulfide) groups is 1. The topological polar surface area (TPSA) is 17.1 Å². The molecule has 14 heavy (non-hydrogen) atoms. The summed E-state index contributed by atoms with van der Waals surface area (Å²) in [4.78, 5) is 11.7. The average molecular weight is 358 g/mol. The van der Waals surface area contributed by atoms with Gasteiger partial charge in [-0.3, -0.25) is 4.79 Å². The van der Waals surface area contributed by atoms with Gasteiger partial charge in [0.15, 0.2) is 5.78 Å². The zero-order valence-corrected chi connectivity index (χ0v) is 12.5. The lowest BCUT2D eigenvalue weighted by Crippen LogP contribution is -2.01. The molecular formula is C9H10Br2OS2. The van der Waals surface area contributed by atoms with Gasteiger partial charge in [0.2, 0.25) is 0 Å². The summed E-state index contributed by atoms with van der Waals surface area (Å²) in [7, 11) is 0. The summed E-state index contributed by atoms with van der Waals surface area (Å²) in [5.41, 5.74) is 0.797. The van der Waals surface area contributed by atoms with Crippen molar-refractivity contribution in [2.24, 2.45) is 0 Å². The Balaban J connectivity index is 2.56. The normalized spacial score (nSPS) is 10.5. The molecule has 1 heterocycles. The van der Waals surface area contributed by atoms with Crippen molar-refractivity contribution in [3.8, 4) is 0 Å². The van der Waals surface area contributed by atoms with E-state index in [4.69, 9.17) is 0 Å². The van der Waals surface area contributed by atoms with E-state index in [1.54, 1.807) is 11.8 Å². The molecule has 1 nitrogen and oxygen atoms in total. The predicted molar refractivity (Wildman–Crippen MR) is 71.7 cm³/mol. The first kappa shape index (κ1) is 12.7. The lowest BCUT2D eigenvalue weighted by Gasteiger charge is -1.97. The molecule has 0 aliphatic rings. The predicted octanol–water partition coefficient (Wildman–Crippen LogP) is 4.60. The van der Waals surface area contributed by atoms with E-state index in [1.807, 2.05) is 6.07 Å². The van der Waals surface area contributed by atoms with E-state index in [0.717, 1.165) is 25.3 Å². The highest BCUT2D eigenvalue weighted by atomic mass is 79.9. The second-order valence-corrected chi connectivity index (χ2v) is 7.57. The van der Waals surface area contributed by atoms with Crippen molar-refractivity contribution in [3.05, 3.63) is 19.2 Å². The maximum absolute atomic E-state index is 11.7. The number of rotatable bonds is 5. The number of halogens is 2. The second kappa shape index (κ2) is 6.30. The van der Waals surface area contributed by atoms with Crippen molar-refractivity contribution >= 4 is 60.7 Å². The molecule has 1 aromatic heterocycles. The van der Waals surface area contributed by atoms with Crippen LogP contribution in [0.4, 0.5) is 0 Å². The van der Waals surface area contributed by atoms with Gasteiger partial charge in [-0.05, 0) is 50.1 Å². The van der Waals surface area contributed by atoms with Gasteiger partial charge in [0.05, 0.1) is 13.3 Å². The number of hydrogen-bond acceptors (Lipinski definition) is 3. The Morgan fingerprint density at radius 2 is 2.29 bits per heavy atom. The number of carbonyl (C=O) groups is 1. The van der Waals surface area contributed by atoms with Gasteiger partial charge in [0.1, 0.15) is 0 Å². The van der Waals surface area contributed by atoms with Crippen molar-refractivity contribution in [2.45, 2.75) is 13.3 Å². The molecule has 0 spiro atoms. The largest absolute Gasteiger partial charge is 0.293 e. The van der Waals surface area contributed by atoms with E-state index in [9.17, 15) is 4.79 Å². The number of thiophene rings is 1. The van der Waals surface area contributed by atoms with Crippen LogP contribution in [0.25, 0.3) is 0 Å². The molecule has 0 aliphatic heterocycles. The number of hydrogen-bond donors (Lipinski definition) is 0. The molecule has 1 rings (SSSR count). The Hall–Kier alpha value is 0.680. The van der Waals surface area contributed by atoms with Crippen LogP contribution in [0.3, 0.4) is 0 Å². The molecular weight excluding hydrogens is 348 g/mol. The highest BCUT2D eigenvalue weighted by Crippen LogP contribution is 2.32. The molecule has 78 valence electrons. The molecule has 0 bridgehead atoms. The van der Waals surface area contributed by atoms with Crippen LogP contribution >= 0.6 is 55.0 Å². The van der Waals surface area contributed by atoms with E-state index >= 15 is 0 Å². The van der Waals surface area contributed by atoms with Gasteiger partial charge < -0.3 is 0 Å². The van der Waals surface area contributed by atoms with Crippen LogP contribution in [-0.4, -0.2) is 17.3 Å². The van der Waals surface area contributed by atoms with E-state index in [1.165, 1.54) is 11.3 Å². The van der Waals surface area contributed by atoms with Gasteiger partial charge >= 0.3 is 0 Å². The Labute approximate surface area is 109 Å². The van der Waals surface area contributed by atoms with E-state index < -0.39 is 0 Å². The third kappa shape index (κ3) is 3.68. The molecule has 0 atom stereocenters. The number of Topliss-reactive ketones (excluding diaryl/α,β-unsaturated/α-hetero) is 1. The van der Waals surface area contributed by atoms with Crippen molar-refractivity contribution in [3.63, 3.8) is 0 Å². The van der Waals surface area contributed by atoms with Crippen LogP contribution in [0, 0.1) is 0 Å². The lowest BCUT2D eigenvalue weighted by molar-refractivity contribution is 0.102. The Kier molecular flexibility index (Phi) is 5.74. The van der Waals surface area contributed by atoms with E-state index in [2.05, 4.69) is 38.8 Å². The Bertz CT molecular complexity index is 323. The van der Waals surface area contributed by atoms with Crippen molar-refractivity contribution < 1.29 is 4.79 Å². The Morgan fingerprint density at radius 3 is 2.79 bits per heavy atom. The molecule has 5 heteroatoms. The molecule has 0 aromatic carbocycles. The van der Waals surface area contributed by atoms with Crippen LogP contribution in [0.2, 0.25) is 0 Å².